The van der Waals surface area contributed by atoms with Crippen LogP contribution in [0.3, 0.4) is 0 Å². The second-order valence-electron chi connectivity index (χ2n) is 4.05. The van der Waals surface area contributed by atoms with Gasteiger partial charge in [0.2, 0.25) is 0 Å². The molecule has 0 saturated heterocycles. The Balaban J connectivity index is 2.04. The topological polar surface area (TPSA) is 38.9 Å². The Morgan fingerprint density at radius 2 is 2.19 bits per heavy atom. The molecule has 1 aliphatic carbocycles. The van der Waals surface area contributed by atoms with E-state index in [9.17, 15) is 4.39 Å². The number of nitrogens with two attached hydrogens (primary N) is 1. The Morgan fingerprint density at radius 1 is 1.38 bits per heavy atom. The minimum atomic E-state index is -0.252. The highest BCUT2D eigenvalue weighted by Crippen LogP contribution is 2.45. The number of hydrogen-bond donors (Lipinski definition) is 1. The Hall–Kier alpha value is -1.42. The molecule has 0 atom stereocenters. The van der Waals surface area contributed by atoms with Crippen molar-refractivity contribution < 1.29 is 4.39 Å². The van der Waals surface area contributed by atoms with Gasteiger partial charge < -0.3 is 5.73 Å². The van der Waals surface area contributed by atoms with E-state index in [1.54, 1.807) is 6.07 Å². The third kappa shape index (κ3) is 1.69. The highest BCUT2D eigenvalue weighted by Gasteiger charge is 2.28. The number of hydrogen-bond acceptors (Lipinski definition) is 3. The van der Waals surface area contributed by atoms with Gasteiger partial charge in [0.1, 0.15) is 16.5 Å². The zero-order valence-electron chi connectivity index (χ0n) is 8.61. The zero-order valence-corrected chi connectivity index (χ0v) is 9.43. The summed E-state index contributed by atoms with van der Waals surface area (Å²) in [7, 11) is 0. The largest absolute Gasteiger partial charge is 0.389 e. The SMILES string of the molecule is Nc1sc(C2CC2)nc1-c1cccc(F)c1. The van der Waals surface area contributed by atoms with Crippen molar-refractivity contribution in [3.8, 4) is 11.3 Å². The lowest BCUT2D eigenvalue weighted by Crippen LogP contribution is -1.86. The number of anilines is 1. The summed E-state index contributed by atoms with van der Waals surface area (Å²) in [6.07, 6.45) is 2.41. The van der Waals surface area contributed by atoms with Gasteiger partial charge in [-0.25, -0.2) is 9.37 Å². The summed E-state index contributed by atoms with van der Waals surface area (Å²) in [5, 5.41) is 1.78. The highest BCUT2D eigenvalue weighted by molar-refractivity contribution is 7.16. The van der Waals surface area contributed by atoms with Gasteiger partial charge >= 0.3 is 0 Å². The van der Waals surface area contributed by atoms with Gasteiger partial charge in [-0.05, 0) is 25.0 Å². The van der Waals surface area contributed by atoms with E-state index in [0.717, 1.165) is 16.3 Å². The molecule has 4 heteroatoms. The lowest BCUT2D eigenvalue weighted by Gasteiger charge is -1.97. The summed E-state index contributed by atoms with van der Waals surface area (Å²) >= 11 is 1.53. The maximum Gasteiger partial charge on any atom is 0.123 e. The van der Waals surface area contributed by atoms with Gasteiger partial charge in [-0.3, -0.25) is 0 Å². The molecular formula is C12H11FN2S. The normalized spacial score (nSPS) is 15.3. The van der Waals surface area contributed by atoms with Gasteiger partial charge in [0.25, 0.3) is 0 Å². The van der Waals surface area contributed by atoms with E-state index in [1.165, 1.54) is 36.3 Å². The molecule has 0 spiro atoms. The van der Waals surface area contributed by atoms with E-state index in [1.807, 2.05) is 6.07 Å². The Morgan fingerprint density at radius 3 is 2.88 bits per heavy atom. The fraction of sp³-hybridized carbons (Fsp3) is 0.250. The van der Waals surface area contributed by atoms with E-state index in [-0.39, 0.29) is 5.82 Å². The molecule has 1 saturated carbocycles. The van der Waals surface area contributed by atoms with Crippen LogP contribution in [0.5, 0.6) is 0 Å². The second kappa shape index (κ2) is 3.56. The van der Waals surface area contributed by atoms with Crippen LogP contribution in [0.15, 0.2) is 24.3 Å². The summed E-state index contributed by atoms with van der Waals surface area (Å²) < 4.78 is 13.1. The van der Waals surface area contributed by atoms with E-state index in [0.29, 0.717) is 10.9 Å². The fourth-order valence-corrected chi connectivity index (χ4v) is 2.72. The van der Waals surface area contributed by atoms with Crippen molar-refractivity contribution in [3.05, 3.63) is 35.1 Å². The van der Waals surface area contributed by atoms with Crippen LogP contribution in [-0.4, -0.2) is 4.98 Å². The lowest BCUT2D eigenvalue weighted by atomic mass is 10.1. The van der Waals surface area contributed by atoms with Crippen molar-refractivity contribution in [2.24, 2.45) is 0 Å². The van der Waals surface area contributed by atoms with Gasteiger partial charge in [0, 0.05) is 11.5 Å². The maximum atomic E-state index is 13.1. The monoisotopic (exact) mass is 234 g/mol. The summed E-state index contributed by atoms with van der Waals surface area (Å²) in [5.74, 6) is 0.340. The van der Waals surface area contributed by atoms with Crippen molar-refractivity contribution in [2.45, 2.75) is 18.8 Å². The molecule has 1 aromatic heterocycles. The number of thiazole rings is 1. The van der Waals surface area contributed by atoms with Gasteiger partial charge in [-0.1, -0.05) is 12.1 Å². The zero-order chi connectivity index (χ0) is 11.1. The quantitative estimate of drug-likeness (QED) is 0.864. The summed E-state index contributed by atoms with van der Waals surface area (Å²) in [4.78, 5) is 4.51. The molecule has 1 heterocycles. The molecular weight excluding hydrogens is 223 g/mol. The molecule has 3 rings (SSSR count). The van der Waals surface area contributed by atoms with Crippen LogP contribution in [0.25, 0.3) is 11.3 Å². The molecule has 1 fully saturated rings. The number of halogens is 1. The summed E-state index contributed by atoms with van der Waals surface area (Å²) in [5.41, 5.74) is 7.42. The second-order valence-corrected chi connectivity index (χ2v) is 5.11. The fourth-order valence-electron chi connectivity index (χ4n) is 1.70. The molecule has 0 amide bonds. The van der Waals surface area contributed by atoms with Crippen LogP contribution < -0.4 is 5.73 Å². The van der Waals surface area contributed by atoms with Crippen LogP contribution in [0.4, 0.5) is 9.39 Å². The van der Waals surface area contributed by atoms with E-state index in [2.05, 4.69) is 4.98 Å². The highest BCUT2D eigenvalue weighted by atomic mass is 32.1. The number of nitrogen functional groups attached to an aromatic ring is 1. The summed E-state index contributed by atoms with van der Waals surface area (Å²) in [6.45, 7) is 0. The van der Waals surface area contributed by atoms with Gasteiger partial charge in [0.05, 0.1) is 5.01 Å². The Kier molecular flexibility index (Phi) is 2.17. The molecule has 2 nitrogen and oxygen atoms in total. The van der Waals surface area contributed by atoms with Crippen LogP contribution in [0, 0.1) is 5.82 Å². The first-order valence-electron chi connectivity index (χ1n) is 5.26. The predicted molar refractivity (Wildman–Crippen MR) is 63.9 cm³/mol. The first kappa shape index (κ1) is 9.78. The van der Waals surface area contributed by atoms with Gasteiger partial charge in [-0.15, -0.1) is 11.3 Å². The van der Waals surface area contributed by atoms with Crippen LogP contribution in [0.1, 0.15) is 23.8 Å². The molecule has 2 aromatic rings. The Labute approximate surface area is 96.9 Å². The lowest BCUT2D eigenvalue weighted by molar-refractivity contribution is 0.628. The van der Waals surface area contributed by atoms with Crippen LogP contribution >= 0.6 is 11.3 Å². The number of rotatable bonds is 2. The molecule has 1 aromatic carbocycles. The van der Waals surface area contributed by atoms with Crippen molar-refractivity contribution in [1.29, 1.82) is 0 Å². The maximum absolute atomic E-state index is 13.1. The first-order valence-corrected chi connectivity index (χ1v) is 6.08. The molecule has 0 radical (unpaired) electrons. The van der Waals surface area contributed by atoms with Gasteiger partial charge in [0.15, 0.2) is 0 Å². The van der Waals surface area contributed by atoms with Gasteiger partial charge in [-0.2, -0.15) is 0 Å². The minimum absolute atomic E-state index is 0.252. The van der Waals surface area contributed by atoms with Crippen molar-refractivity contribution >= 4 is 16.3 Å². The van der Waals surface area contributed by atoms with Crippen molar-refractivity contribution in [1.82, 2.24) is 4.98 Å². The first-order chi connectivity index (χ1) is 7.74. The smallest absolute Gasteiger partial charge is 0.123 e. The van der Waals surface area contributed by atoms with Crippen molar-refractivity contribution in [3.63, 3.8) is 0 Å². The average Bonchev–Trinajstić information content (AvgIpc) is 3.02. The molecule has 0 bridgehead atoms. The van der Waals surface area contributed by atoms with E-state index >= 15 is 0 Å². The standard InChI is InChI=1S/C12H11FN2S/c13-9-3-1-2-8(6-9)10-11(14)16-12(15-10)7-4-5-7/h1-3,6-7H,4-5,14H2. The molecule has 0 aliphatic heterocycles. The average molecular weight is 234 g/mol. The molecule has 2 N–H and O–H groups in total. The number of benzene rings is 1. The third-order valence-electron chi connectivity index (χ3n) is 2.69. The van der Waals surface area contributed by atoms with E-state index < -0.39 is 0 Å². The molecule has 0 unspecified atom stereocenters. The molecule has 82 valence electrons. The van der Waals surface area contributed by atoms with Crippen molar-refractivity contribution in [2.75, 3.05) is 5.73 Å². The van der Waals surface area contributed by atoms with Crippen LogP contribution in [0.2, 0.25) is 0 Å². The number of aromatic nitrogens is 1. The van der Waals surface area contributed by atoms with Crippen LogP contribution in [-0.2, 0) is 0 Å². The Bertz CT molecular complexity index is 532. The molecule has 16 heavy (non-hydrogen) atoms. The third-order valence-corrected chi connectivity index (χ3v) is 3.74. The number of nitrogens with zero attached hydrogens (tertiary/aromatic N) is 1. The predicted octanol–water partition coefficient (Wildman–Crippen LogP) is 3.41. The molecule has 1 aliphatic rings. The van der Waals surface area contributed by atoms with E-state index in [4.69, 9.17) is 5.73 Å². The summed E-state index contributed by atoms with van der Waals surface area (Å²) in [6, 6.07) is 6.42. The minimum Gasteiger partial charge on any atom is -0.389 e.